The second kappa shape index (κ2) is 5.96. The van der Waals surface area contributed by atoms with Gasteiger partial charge in [-0.1, -0.05) is 11.8 Å². The minimum absolute atomic E-state index is 0.177. The van der Waals surface area contributed by atoms with Crippen molar-refractivity contribution >= 4 is 17.7 Å². The molecule has 0 aromatic carbocycles. The van der Waals surface area contributed by atoms with Gasteiger partial charge in [0, 0.05) is 5.25 Å². The van der Waals surface area contributed by atoms with Crippen molar-refractivity contribution in [3.63, 3.8) is 0 Å². The lowest BCUT2D eigenvalue weighted by atomic mass is 9.81. The number of esters is 1. The standard InChI is InChI=1S/C13H20N2O3S/c1-9-8-18-12(15-9)19-10-5-4-6-13(7-10,14-2)11(16)17-3/h8,10,14H,4-7H2,1-3H3. The van der Waals surface area contributed by atoms with Crippen LogP contribution in [0.5, 0.6) is 0 Å². The van der Waals surface area contributed by atoms with E-state index in [9.17, 15) is 4.79 Å². The zero-order chi connectivity index (χ0) is 13.9. The first-order chi connectivity index (χ1) is 9.09. The lowest BCUT2D eigenvalue weighted by Crippen LogP contribution is -2.54. The number of carbonyl (C=O) groups excluding carboxylic acids is 1. The van der Waals surface area contributed by atoms with E-state index >= 15 is 0 Å². The monoisotopic (exact) mass is 284 g/mol. The van der Waals surface area contributed by atoms with Crippen molar-refractivity contribution in [2.75, 3.05) is 14.2 Å². The third-order valence-electron chi connectivity index (χ3n) is 3.63. The second-order valence-electron chi connectivity index (χ2n) is 4.91. The van der Waals surface area contributed by atoms with Crippen molar-refractivity contribution in [1.29, 1.82) is 0 Å². The normalized spacial score (nSPS) is 27.2. The van der Waals surface area contributed by atoms with Gasteiger partial charge in [-0.05, 0) is 39.7 Å². The smallest absolute Gasteiger partial charge is 0.326 e. The number of aromatic nitrogens is 1. The number of oxazole rings is 1. The molecule has 1 aromatic rings. The van der Waals surface area contributed by atoms with Crippen molar-refractivity contribution in [3.8, 4) is 0 Å². The summed E-state index contributed by atoms with van der Waals surface area (Å²) in [5, 5.41) is 4.15. The van der Waals surface area contributed by atoms with Crippen LogP contribution < -0.4 is 5.32 Å². The van der Waals surface area contributed by atoms with E-state index in [2.05, 4.69) is 10.3 Å². The van der Waals surface area contributed by atoms with Crippen LogP contribution in [0.4, 0.5) is 0 Å². The molecule has 2 rings (SSSR count). The van der Waals surface area contributed by atoms with E-state index in [0.717, 1.165) is 31.4 Å². The highest BCUT2D eigenvalue weighted by Gasteiger charge is 2.43. The zero-order valence-corrected chi connectivity index (χ0v) is 12.4. The van der Waals surface area contributed by atoms with E-state index in [4.69, 9.17) is 9.15 Å². The fraction of sp³-hybridized carbons (Fsp3) is 0.692. The van der Waals surface area contributed by atoms with E-state index in [1.165, 1.54) is 7.11 Å². The molecule has 0 amide bonds. The minimum atomic E-state index is -0.563. The topological polar surface area (TPSA) is 64.4 Å². The maximum Gasteiger partial charge on any atom is 0.326 e. The van der Waals surface area contributed by atoms with Gasteiger partial charge in [0.15, 0.2) is 0 Å². The molecule has 1 aliphatic rings. The summed E-state index contributed by atoms with van der Waals surface area (Å²) < 4.78 is 10.3. The van der Waals surface area contributed by atoms with Crippen LogP contribution in [0.1, 0.15) is 31.4 Å². The van der Waals surface area contributed by atoms with Crippen LogP contribution in [-0.4, -0.2) is 35.9 Å². The van der Waals surface area contributed by atoms with E-state index in [1.807, 2.05) is 14.0 Å². The molecule has 1 aliphatic carbocycles. The van der Waals surface area contributed by atoms with E-state index in [1.54, 1.807) is 18.0 Å². The van der Waals surface area contributed by atoms with Gasteiger partial charge in [-0.25, -0.2) is 4.98 Å². The van der Waals surface area contributed by atoms with Gasteiger partial charge in [-0.15, -0.1) is 0 Å². The van der Waals surface area contributed by atoms with Gasteiger partial charge >= 0.3 is 5.97 Å². The first kappa shape index (κ1) is 14.4. The van der Waals surface area contributed by atoms with Gasteiger partial charge in [-0.2, -0.15) is 0 Å². The van der Waals surface area contributed by atoms with Crippen LogP contribution in [0.15, 0.2) is 15.9 Å². The van der Waals surface area contributed by atoms with Crippen LogP contribution in [0.3, 0.4) is 0 Å². The summed E-state index contributed by atoms with van der Waals surface area (Å²) >= 11 is 1.61. The largest absolute Gasteiger partial charge is 0.468 e. The number of rotatable bonds is 4. The molecule has 1 aromatic heterocycles. The molecule has 106 valence electrons. The molecule has 0 bridgehead atoms. The van der Waals surface area contributed by atoms with Crippen molar-refractivity contribution in [3.05, 3.63) is 12.0 Å². The molecule has 2 atom stereocenters. The number of nitrogens with zero attached hydrogens (tertiary/aromatic N) is 1. The number of aryl methyl sites for hydroxylation is 1. The zero-order valence-electron chi connectivity index (χ0n) is 11.6. The maximum absolute atomic E-state index is 12.0. The Morgan fingerprint density at radius 2 is 2.47 bits per heavy atom. The fourth-order valence-electron chi connectivity index (χ4n) is 2.56. The summed E-state index contributed by atoms with van der Waals surface area (Å²) in [4.78, 5) is 16.3. The summed E-state index contributed by atoms with van der Waals surface area (Å²) in [5.41, 5.74) is 0.318. The Morgan fingerprint density at radius 1 is 1.68 bits per heavy atom. The number of hydrogen-bond donors (Lipinski definition) is 1. The third-order valence-corrected chi connectivity index (χ3v) is 4.75. The van der Waals surface area contributed by atoms with Gasteiger partial charge in [0.25, 0.3) is 5.22 Å². The Morgan fingerprint density at radius 3 is 3.05 bits per heavy atom. The van der Waals surface area contributed by atoms with Gasteiger partial charge in [0.05, 0.1) is 12.8 Å². The molecule has 19 heavy (non-hydrogen) atoms. The van der Waals surface area contributed by atoms with Crippen LogP contribution in [0.25, 0.3) is 0 Å². The summed E-state index contributed by atoms with van der Waals surface area (Å²) in [6, 6.07) is 0. The number of ether oxygens (including phenoxy) is 1. The van der Waals surface area contributed by atoms with Gasteiger partial charge in [-0.3, -0.25) is 4.79 Å². The first-order valence-corrected chi connectivity index (χ1v) is 7.34. The SMILES string of the molecule is CNC1(C(=O)OC)CCCC(Sc2nc(C)co2)C1. The quantitative estimate of drug-likeness (QED) is 0.855. The summed E-state index contributed by atoms with van der Waals surface area (Å²) in [5.74, 6) is -0.177. The highest BCUT2D eigenvalue weighted by molar-refractivity contribution is 7.99. The van der Waals surface area contributed by atoms with Crippen LogP contribution in [0.2, 0.25) is 0 Å². The molecule has 0 aliphatic heterocycles. The number of carbonyl (C=O) groups is 1. The van der Waals surface area contributed by atoms with E-state index in [0.29, 0.717) is 10.5 Å². The number of likely N-dealkylation sites (N-methyl/N-ethyl adjacent to an activating group) is 1. The highest BCUT2D eigenvalue weighted by atomic mass is 32.2. The summed E-state index contributed by atoms with van der Waals surface area (Å²) in [6.45, 7) is 1.90. The molecule has 6 heteroatoms. The lowest BCUT2D eigenvalue weighted by Gasteiger charge is -2.37. The van der Waals surface area contributed by atoms with Crippen LogP contribution >= 0.6 is 11.8 Å². The predicted molar refractivity (Wildman–Crippen MR) is 73.2 cm³/mol. The summed E-state index contributed by atoms with van der Waals surface area (Å²) in [6.07, 6.45) is 5.26. The molecular formula is C13H20N2O3S. The van der Waals surface area contributed by atoms with Gasteiger partial charge in [0.2, 0.25) is 0 Å². The number of hydrogen-bond acceptors (Lipinski definition) is 6. The average molecular weight is 284 g/mol. The second-order valence-corrected chi connectivity index (χ2v) is 6.17. The van der Waals surface area contributed by atoms with E-state index in [-0.39, 0.29) is 5.97 Å². The molecular weight excluding hydrogens is 264 g/mol. The molecule has 0 saturated heterocycles. The maximum atomic E-state index is 12.0. The average Bonchev–Trinajstić information content (AvgIpc) is 2.83. The molecule has 1 fully saturated rings. The van der Waals surface area contributed by atoms with Gasteiger partial charge in [0.1, 0.15) is 11.8 Å². The van der Waals surface area contributed by atoms with Crippen molar-refractivity contribution in [1.82, 2.24) is 10.3 Å². The van der Waals surface area contributed by atoms with E-state index < -0.39 is 5.54 Å². The van der Waals surface area contributed by atoms with Crippen molar-refractivity contribution in [2.24, 2.45) is 0 Å². The third kappa shape index (κ3) is 3.12. The number of methoxy groups -OCH3 is 1. The Bertz CT molecular complexity index is 449. The van der Waals surface area contributed by atoms with Crippen molar-refractivity contribution < 1.29 is 13.9 Å². The molecule has 5 nitrogen and oxygen atoms in total. The van der Waals surface area contributed by atoms with Crippen LogP contribution in [0, 0.1) is 6.92 Å². The lowest BCUT2D eigenvalue weighted by molar-refractivity contribution is -0.149. The molecule has 1 heterocycles. The first-order valence-electron chi connectivity index (χ1n) is 6.46. The molecule has 0 spiro atoms. The summed E-state index contributed by atoms with van der Waals surface area (Å²) in [7, 11) is 3.26. The fourth-order valence-corrected chi connectivity index (χ4v) is 3.80. The molecule has 0 radical (unpaired) electrons. The highest BCUT2D eigenvalue weighted by Crippen LogP contribution is 2.38. The number of thioether (sulfide) groups is 1. The van der Waals surface area contributed by atoms with Crippen molar-refractivity contribution in [2.45, 2.75) is 48.6 Å². The Kier molecular flexibility index (Phi) is 4.52. The Balaban J connectivity index is 2.05. The number of nitrogens with one attached hydrogen (secondary N) is 1. The molecule has 1 N–H and O–H groups in total. The Labute approximate surface area is 117 Å². The minimum Gasteiger partial charge on any atom is -0.468 e. The Hall–Kier alpha value is -1.01. The van der Waals surface area contributed by atoms with Gasteiger partial charge < -0.3 is 14.5 Å². The van der Waals surface area contributed by atoms with Crippen LogP contribution in [-0.2, 0) is 9.53 Å². The molecule has 1 saturated carbocycles. The predicted octanol–water partition coefficient (Wildman–Crippen LogP) is 2.15. The molecule has 2 unspecified atom stereocenters.